The largest absolute Gasteiger partial charge is 0.464 e. The molecule has 0 spiro atoms. The third kappa shape index (κ3) is 3.80. The molecule has 0 amide bonds. The standard InChI is InChI=1S/C20H29NO/c1-6-18(16-11-9-8-10-12-16)21-19(7-2)20-13-17(14(3)4)15(5)22-20/h8-14,18-19,21H,6-7H2,1-5H3/t18-,19+/m0/s1. The Bertz CT molecular complexity index is 571. The third-order valence-corrected chi connectivity index (χ3v) is 4.36. The predicted octanol–water partition coefficient (Wildman–Crippen LogP) is 5.90. The van der Waals surface area contributed by atoms with Gasteiger partial charge in [-0.25, -0.2) is 0 Å². The van der Waals surface area contributed by atoms with Gasteiger partial charge in [-0.2, -0.15) is 0 Å². The van der Waals surface area contributed by atoms with Crippen molar-refractivity contribution in [3.63, 3.8) is 0 Å². The highest BCUT2D eigenvalue weighted by Gasteiger charge is 2.20. The second-order valence-corrected chi connectivity index (χ2v) is 6.31. The molecule has 0 aliphatic carbocycles. The van der Waals surface area contributed by atoms with E-state index in [1.807, 2.05) is 0 Å². The molecular weight excluding hydrogens is 270 g/mol. The maximum Gasteiger partial charge on any atom is 0.121 e. The molecule has 1 aromatic carbocycles. The lowest BCUT2D eigenvalue weighted by atomic mass is 10.0. The first kappa shape index (κ1) is 16.8. The summed E-state index contributed by atoms with van der Waals surface area (Å²) in [5, 5.41) is 3.77. The first-order chi connectivity index (χ1) is 10.6. The molecule has 22 heavy (non-hydrogen) atoms. The fourth-order valence-electron chi connectivity index (χ4n) is 3.04. The van der Waals surface area contributed by atoms with Crippen LogP contribution in [-0.2, 0) is 0 Å². The van der Waals surface area contributed by atoms with Crippen LogP contribution in [0.2, 0.25) is 0 Å². The summed E-state index contributed by atoms with van der Waals surface area (Å²) in [7, 11) is 0. The minimum atomic E-state index is 0.261. The Morgan fingerprint density at radius 2 is 1.64 bits per heavy atom. The first-order valence-corrected chi connectivity index (χ1v) is 8.48. The third-order valence-electron chi connectivity index (χ3n) is 4.36. The molecule has 0 saturated carbocycles. The predicted molar refractivity (Wildman–Crippen MR) is 93.2 cm³/mol. The van der Waals surface area contributed by atoms with Crippen LogP contribution in [0, 0.1) is 6.92 Å². The average molecular weight is 299 g/mol. The molecule has 2 heteroatoms. The SMILES string of the molecule is CC[C@H](N[C@H](CC)c1cc(C(C)C)c(C)o1)c1ccccc1. The van der Waals surface area contributed by atoms with Gasteiger partial charge in [-0.05, 0) is 42.9 Å². The van der Waals surface area contributed by atoms with Gasteiger partial charge in [-0.3, -0.25) is 0 Å². The molecule has 0 fully saturated rings. The molecule has 2 aromatic rings. The topological polar surface area (TPSA) is 25.2 Å². The van der Waals surface area contributed by atoms with Crippen LogP contribution in [0.3, 0.4) is 0 Å². The zero-order valence-electron chi connectivity index (χ0n) is 14.5. The fraction of sp³-hybridized carbons (Fsp3) is 0.500. The van der Waals surface area contributed by atoms with Gasteiger partial charge in [0.15, 0.2) is 0 Å². The van der Waals surface area contributed by atoms with Crippen LogP contribution in [0.1, 0.15) is 81.2 Å². The number of aryl methyl sites for hydroxylation is 1. The van der Waals surface area contributed by atoms with Gasteiger partial charge in [0.2, 0.25) is 0 Å². The number of nitrogens with one attached hydrogen (secondary N) is 1. The molecule has 2 nitrogen and oxygen atoms in total. The van der Waals surface area contributed by atoms with Crippen molar-refractivity contribution in [2.24, 2.45) is 0 Å². The van der Waals surface area contributed by atoms with Crippen LogP contribution in [0.25, 0.3) is 0 Å². The van der Waals surface area contributed by atoms with E-state index in [0.717, 1.165) is 24.4 Å². The van der Waals surface area contributed by atoms with E-state index in [2.05, 4.69) is 76.3 Å². The summed E-state index contributed by atoms with van der Waals surface area (Å²) in [5.74, 6) is 2.63. The van der Waals surface area contributed by atoms with E-state index < -0.39 is 0 Å². The Hall–Kier alpha value is -1.54. The molecule has 1 N–H and O–H groups in total. The maximum atomic E-state index is 6.05. The number of hydrogen-bond donors (Lipinski definition) is 1. The Balaban J connectivity index is 2.19. The summed E-state index contributed by atoms with van der Waals surface area (Å²) in [4.78, 5) is 0. The van der Waals surface area contributed by atoms with Gasteiger partial charge in [-0.1, -0.05) is 58.0 Å². The van der Waals surface area contributed by atoms with Crippen molar-refractivity contribution in [1.29, 1.82) is 0 Å². The lowest BCUT2D eigenvalue weighted by Crippen LogP contribution is -2.25. The molecule has 0 aliphatic rings. The number of hydrogen-bond acceptors (Lipinski definition) is 2. The van der Waals surface area contributed by atoms with E-state index >= 15 is 0 Å². The number of furan rings is 1. The lowest BCUT2D eigenvalue weighted by molar-refractivity contribution is 0.355. The maximum absolute atomic E-state index is 6.05. The average Bonchev–Trinajstić information content (AvgIpc) is 2.91. The molecule has 0 bridgehead atoms. The Morgan fingerprint density at radius 1 is 1.00 bits per heavy atom. The van der Waals surface area contributed by atoms with E-state index in [1.54, 1.807) is 0 Å². The number of benzene rings is 1. The van der Waals surface area contributed by atoms with Crippen molar-refractivity contribution in [3.05, 3.63) is 59.0 Å². The van der Waals surface area contributed by atoms with Crippen molar-refractivity contribution in [1.82, 2.24) is 5.32 Å². The number of rotatable bonds is 7. The van der Waals surface area contributed by atoms with Gasteiger partial charge in [0, 0.05) is 6.04 Å². The summed E-state index contributed by atoms with van der Waals surface area (Å²) in [6, 6.07) is 13.5. The van der Waals surface area contributed by atoms with Crippen LogP contribution in [-0.4, -0.2) is 0 Å². The molecule has 0 radical (unpaired) electrons. The Kier molecular flexibility index (Phi) is 5.84. The molecule has 2 rings (SSSR count). The molecule has 0 saturated heterocycles. The van der Waals surface area contributed by atoms with Crippen LogP contribution in [0.5, 0.6) is 0 Å². The van der Waals surface area contributed by atoms with Crippen molar-refractivity contribution in [3.8, 4) is 0 Å². The van der Waals surface area contributed by atoms with Crippen LogP contribution < -0.4 is 5.32 Å². The van der Waals surface area contributed by atoms with E-state index in [0.29, 0.717) is 12.0 Å². The molecule has 120 valence electrons. The summed E-state index contributed by atoms with van der Waals surface area (Å²) >= 11 is 0. The molecule has 1 aromatic heterocycles. The minimum absolute atomic E-state index is 0.261. The smallest absolute Gasteiger partial charge is 0.121 e. The van der Waals surface area contributed by atoms with E-state index in [4.69, 9.17) is 4.42 Å². The van der Waals surface area contributed by atoms with Gasteiger partial charge >= 0.3 is 0 Å². The van der Waals surface area contributed by atoms with Gasteiger partial charge in [0.1, 0.15) is 11.5 Å². The van der Waals surface area contributed by atoms with Crippen molar-refractivity contribution in [2.75, 3.05) is 0 Å². The Morgan fingerprint density at radius 3 is 2.14 bits per heavy atom. The monoisotopic (exact) mass is 299 g/mol. The molecular formula is C20H29NO. The lowest BCUT2D eigenvalue weighted by Gasteiger charge is -2.23. The second kappa shape index (κ2) is 7.64. The van der Waals surface area contributed by atoms with Crippen LogP contribution in [0.4, 0.5) is 0 Å². The van der Waals surface area contributed by atoms with Gasteiger partial charge < -0.3 is 9.73 Å². The highest BCUT2D eigenvalue weighted by molar-refractivity contribution is 5.26. The summed E-state index contributed by atoms with van der Waals surface area (Å²) in [6.45, 7) is 10.9. The zero-order valence-corrected chi connectivity index (χ0v) is 14.5. The Labute approximate surface area is 134 Å². The van der Waals surface area contributed by atoms with Gasteiger partial charge in [-0.15, -0.1) is 0 Å². The van der Waals surface area contributed by atoms with Gasteiger partial charge in [0.25, 0.3) is 0 Å². The highest BCUT2D eigenvalue weighted by atomic mass is 16.3. The van der Waals surface area contributed by atoms with Crippen LogP contribution >= 0.6 is 0 Å². The zero-order chi connectivity index (χ0) is 16.1. The normalized spacial score (nSPS) is 14.3. The molecule has 0 unspecified atom stereocenters. The van der Waals surface area contributed by atoms with Crippen molar-refractivity contribution >= 4 is 0 Å². The summed E-state index contributed by atoms with van der Waals surface area (Å²) < 4.78 is 6.05. The minimum Gasteiger partial charge on any atom is -0.464 e. The first-order valence-electron chi connectivity index (χ1n) is 8.48. The molecule has 0 aliphatic heterocycles. The van der Waals surface area contributed by atoms with E-state index in [-0.39, 0.29) is 6.04 Å². The molecule has 2 atom stereocenters. The highest BCUT2D eigenvalue weighted by Crippen LogP contribution is 2.30. The molecule has 1 heterocycles. The summed E-state index contributed by atoms with van der Waals surface area (Å²) in [5.41, 5.74) is 2.67. The quantitative estimate of drug-likeness (QED) is 0.688. The van der Waals surface area contributed by atoms with Crippen molar-refractivity contribution < 1.29 is 4.42 Å². The summed E-state index contributed by atoms with van der Waals surface area (Å²) in [6.07, 6.45) is 2.09. The van der Waals surface area contributed by atoms with Crippen molar-refractivity contribution in [2.45, 2.75) is 65.5 Å². The van der Waals surface area contributed by atoms with E-state index in [9.17, 15) is 0 Å². The van der Waals surface area contributed by atoms with E-state index in [1.165, 1.54) is 11.1 Å². The second-order valence-electron chi connectivity index (χ2n) is 6.31. The fourth-order valence-corrected chi connectivity index (χ4v) is 3.04. The van der Waals surface area contributed by atoms with Gasteiger partial charge in [0.05, 0.1) is 6.04 Å². The van der Waals surface area contributed by atoms with Crippen LogP contribution in [0.15, 0.2) is 40.8 Å².